The second-order valence-electron chi connectivity index (χ2n) is 6.46. The number of likely N-dealkylation sites (N-methyl/N-ethyl adjacent to an activating group) is 1. The molecular weight excluding hydrogens is 224 g/mol. The Morgan fingerprint density at radius 2 is 1.94 bits per heavy atom. The van der Waals surface area contributed by atoms with Crippen LogP contribution in [-0.2, 0) is 0 Å². The second-order valence-corrected chi connectivity index (χ2v) is 6.46. The van der Waals surface area contributed by atoms with Crippen LogP contribution in [0, 0.1) is 5.41 Å². The molecule has 1 aliphatic carbocycles. The molecule has 1 aliphatic heterocycles. The molecule has 0 radical (unpaired) electrons. The molecule has 0 amide bonds. The summed E-state index contributed by atoms with van der Waals surface area (Å²) >= 11 is 0. The standard InChI is InChI=1S/C15H28N2O/c1-15(7-4-3-5-14(18)6-8-15)13-17-11-9-16(2)10-12-17/h3,5,14,18H,4,6-13H2,1-2H3/b5-3-/t14-,15+/m1/s1. The van der Waals surface area contributed by atoms with Gasteiger partial charge in [-0.05, 0) is 38.1 Å². The molecule has 0 unspecified atom stereocenters. The first-order valence-electron chi connectivity index (χ1n) is 7.33. The maximum absolute atomic E-state index is 9.78. The van der Waals surface area contributed by atoms with Crippen LogP contribution in [0.1, 0.15) is 32.6 Å². The highest BCUT2D eigenvalue weighted by Gasteiger charge is 2.29. The van der Waals surface area contributed by atoms with Gasteiger partial charge in [0, 0.05) is 32.7 Å². The van der Waals surface area contributed by atoms with Crippen molar-refractivity contribution < 1.29 is 5.11 Å². The van der Waals surface area contributed by atoms with Gasteiger partial charge in [-0.1, -0.05) is 19.1 Å². The van der Waals surface area contributed by atoms with E-state index in [0.29, 0.717) is 5.41 Å². The molecule has 0 aromatic heterocycles. The fourth-order valence-electron chi connectivity index (χ4n) is 3.11. The smallest absolute Gasteiger partial charge is 0.0721 e. The predicted molar refractivity (Wildman–Crippen MR) is 75.7 cm³/mol. The van der Waals surface area contributed by atoms with E-state index < -0.39 is 0 Å². The molecule has 3 heteroatoms. The van der Waals surface area contributed by atoms with Crippen LogP contribution >= 0.6 is 0 Å². The van der Waals surface area contributed by atoms with Crippen molar-refractivity contribution in [3.63, 3.8) is 0 Å². The SMILES string of the molecule is CN1CCN(C[C@@]2(C)CC/C=C\[C@@H](O)CC2)CC1. The Morgan fingerprint density at radius 1 is 1.22 bits per heavy atom. The molecule has 104 valence electrons. The minimum atomic E-state index is -0.225. The van der Waals surface area contributed by atoms with E-state index in [9.17, 15) is 5.11 Å². The van der Waals surface area contributed by atoms with Crippen molar-refractivity contribution >= 4 is 0 Å². The Bertz CT molecular complexity index is 284. The van der Waals surface area contributed by atoms with Gasteiger partial charge < -0.3 is 14.9 Å². The first-order valence-corrected chi connectivity index (χ1v) is 7.33. The number of aliphatic hydroxyl groups is 1. The molecule has 0 aromatic rings. The topological polar surface area (TPSA) is 26.7 Å². The van der Waals surface area contributed by atoms with Crippen molar-refractivity contribution in [1.82, 2.24) is 9.80 Å². The molecule has 2 rings (SSSR count). The largest absolute Gasteiger partial charge is 0.389 e. The summed E-state index contributed by atoms with van der Waals surface area (Å²) in [4.78, 5) is 5.02. The zero-order chi connectivity index (χ0) is 13.0. The third kappa shape index (κ3) is 4.08. The molecule has 0 aromatic carbocycles. The summed E-state index contributed by atoms with van der Waals surface area (Å²) in [6.07, 6.45) is 8.33. The monoisotopic (exact) mass is 252 g/mol. The zero-order valence-electron chi connectivity index (χ0n) is 11.9. The first kappa shape index (κ1) is 14.0. The van der Waals surface area contributed by atoms with Gasteiger partial charge in [0.05, 0.1) is 6.10 Å². The highest BCUT2D eigenvalue weighted by molar-refractivity contribution is 4.95. The van der Waals surface area contributed by atoms with Gasteiger partial charge >= 0.3 is 0 Å². The van der Waals surface area contributed by atoms with Gasteiger partial charge in [0.2, 0.25) is 0 Å². The molecule has 1 heterocycles. The summed E-state index contributed by atoms with van der Waals surface area (Å²) in [5, 5.41) is 9.78. The van der Waals surface area contributed by atoms with Gasteiger partial charge in [0.15, 0.2) is 0 Å². The summed E-state index contributed by atoms with van der Waals surface area (Å²) in [6.45, 7) is 8.38. The lowest BCUT2D eigenvalue weighted by molar-refractivity contribution is 0.0822. The maximum Gasteiger partial charge on any atom is 0.0721 e. The number of rotatable bonds is 2. The third-order valence-electron chi connectivity index (χ3n) is 4.52. The molecule has 18 heavy (non-hydrogen) atoms. The molecular formula is C15H28N2O. The average molecular weight is 252 g/mol. The number of hydrogen-bond donors (Lipinski definition) is 1. The van der Waals surface area contributed by atoms with E-state index in [1.807, 2.05) is 6.08 Å². The van der Waals surface area contributed by atoms with Crippen LogP contribution in [0.5, 0.6) is 0 Å². The van der Waals surface area contributed by atoms with Crippen LogP contribution in [0.15, 0.2) is 12.2 Å². The Morgan fingerprint density at radius 3 is 2.67 bits per heavy atom. The number of hydrogen-bond acceptors (Lipinski definition) is 3. The van der Waals surface area contributed by atoms with Crippen LogP contribution in [0.4, 0.5) is 0 Å². The second kappa shape index (κ2) is 6.18. The summed E-state index contributed by atoms with van der Waals surface area (Å²) in [6, 6.07) is 0. The molecule has 0 bridgehead atoms. The third-order valence-corrected chi connectivity index (χ3v) is 4.52. The summed E-state index contributed by atoms with van der Waals surface area (Å²) in [5.41, 5.74) is 0.377. The minimum absolute atomic E-state index is 0.225. The summed E-state index contributed by atoms with van der Waals surface area (Å²) in [7, 11) is 2.20. The van der Waals surface area contributed by atoms with Crippen LogP contribution < -0.4 is 0 Å². The number of nitrogens with zero attached hydrogens (tertiary/aromatic N) is 2. The van der Waals surface area contributed by atoms with Crippen molar-refractivity contribution in [3.05, 3.63) is 12.2 Å². The Labute approximate surface area is 111 Å². The van der Waals surface area contributed by atoms with E-state index in [2.05, 4.69) is 29.8 Å². The lowest BCUT2D eigenvalue weighted by atomic mass is 9.78. The van der Waals surface area contributed by atoms with Gasteiger partial charge in [-0.25, -0.2) is 0 Å². The van der Waals surface area contributed by atoms with Crippen molar-refractivity contribution in [3.8, 4) is 0 Å². The number of allylic oxidation sites excluding steroid dienone is 1. The maximum atomic E-state index is 9.78. The van der Waals surface area contributed by atoms with E-state index in [1.54, 1.807) is 0 Å². The summed E-state index contributed by atoms with van der Waals surface area (Å²) in [5.74, 6) is 0. The first-order chi connectivity index (χ1) is 8.57. The summed E-state index contributed by atoms with van der Waals surface area (Å²) < 4.78 is 0. The lowest BCUT2D eigenvalue weighted by Crippen LogP contribution is -2.48. The number of aliphatic hydroxyl groups excluding tert-OH is 1. The fraction of sp³-hybridized carbons (Fsp3) is 0.867. The highest BCUT2D eigenvalue weighted by Crippen LogP contribution is 2.33. The molecule has 1 fully saturated rings. The average Bonchev–Trinajstić information content (AvgIpc) is 2.34. The molecule has 0 saturated carbocycles. The van der Waals surface area contributed by atoms with Gasteiger partial charge in [-0.3, -0.25) is 0 Å². The van der Waals surface area contributed by atoms with Crippen LogP contribution in [0.2, 0.25) is 0 Å². The molecule has 1 saturated heterocycles. The van der Waals surface area contributed by atoms with Crippen LogP contribution in [0.3, 0.4) is 0 Å². The van der Waals surface area contributed by atoms with E-state index in [0.717, 1.165) is 19.3 Å². The molecule has 3 nitrogen and oxygen atoms in total. The van der Waals surface area contributed by atoms with Gasteiger partial charge in [-0.2, -0.15) is 0 Å². The van der Waals surface area contributed by atoms with Crippen LogP contribution in [-0.4, -0.2) is 60.8 Å². The van der Waals surface area contributed by atoms with E-state index in [4.69, 9.17) is 0 Å². The Hall–Kier alpha value is -0.380. The fourth-order valence-corrected chi connectivity index (χ4v) is 3.11. The van der Waals surface area contributed by atoms with Crippen molar-refractivity contribution in [1.29, 1.82) is 0 Å². The molecule has 0 spiro atoms. The quantitative estimate of drug-likeness (QED) is 0.758. The normalized spacial score (nSPS) is 38.1. The molecule has 1 N–H and O–H groups in total. The molecule has 2 aliphatic rings. The number of piperazine rings is 1. The predicted octanol–water partition coefficient (Wildman–Crippen LogP) is 1.73. The lowest BCUT2D eigenvalue weighted by Gasteiger charge is -2.40. The van der Waals surface area contributed by atoms with Crippen molar-refractivity contribution in [2.45, 2.75) is 38.7 Å². The van der Waals surface area contributed by atoms with Gasteiger partial charge in [0.25, 0.3) is 0 Å². The Kier molecular flexibility index (Phi) is 4.82. The van der Waals surface area contributed by atoms with E-state index >= 15 is 0 Å². The van der Waals surface area contributed by atoms with Crippen molar-refractivity contribution in [2.75, 3.05) is 39.8 Å². The zero-order valence-corrected chi connectivity index (χ0v) is 11.9. The van der Waals surface area contributed by atoms with E-state index in [1.165, 1.54) is 39.1 Å². The minimum Gasteiger partial charge on any atom is -0.389 e. The van der Waals surface area contributed by atoms with Crippen molar-refractivity contribution in [2.24, 2.45) is 5.41 Å². The molecule has 2 atom stereocenters. The van der Waals surface area contributed by atoms with Gasteiger partial charge in [0.1, 0.15) is 0 Å². The van der Waals surface area contributed by atoms with E-state index in [-0.39, 0.29) is 6.10 Å². The van der Waals surface area contributed by atoms with Crippen LogP contribution in [0.25, 0.3) is 0 Å². The van der Waals surface area contributed by atoms with Gasteiger partial charge in [-0.15, -0.1) is 0 Å². The Balaban J connectivity index is 1.87. The highest BCUT2D eigenvalue weighted by atomic mass is 16.3.